The number of hydrogen-bond donors (Lipinski definition) is 3. The summed E-state index contributed by atoms with van der Waals surface area (Å²) in [7, 11) is 0. The molecule has 1 aliphatic rings. The summed E-state index contributed by atoms with van der Waals surface area (Å²) in [6.45, 7) is -0.535. The molecule has 2 aromatic rings. The molecule has 0 saturated carbocycles. The van der Waals surface area contributed by atoms with Gasteiger partial charge in [-0.2, -0.15) is 0 Å². The Hall–Kier alpha value is -2.01. The fourth-order valence-corrected chi connectivity index (χ4v) is 2.55. The van der Waals surface area contributed by atoms with Crippen LogP contribution in [0.4, 0.5) is 0 Å². The molecule has 4 nitrogen and oxygen atoms in total. The first kappa shape index (κ1) is 13.0. The first-order chi connectivity index (χ1) is 9.63. The molecule has 0 saturated heterocycles. The van der Waals surface area contributed by atoms with E-state index in [9.17, 15) is 15.0 Å². The average Bonchev–Trinajstić information content (AvgIpc) is 2.79. The Morgan fingerprint density at radius 3 is 2.25 bits per heavy atom. The smallest absolute Gasteiger partial charge is 0.194 e. The van der Waals surface area contributed by atoms with Crippen LogP contribution in [0.1, 0.15) is 27.6 Å². The maximum absolute atomic E-state index is 12.3. The van der Waals surface area contributed by atoms with E-state index in [1.54, 1.807) is 24.3 Å². The van der Waals surface area contributed by atoms with Gasteiger partial charge in [0.15, 0.2) is 5.78 Å². The van der Waals surface area contributed by atoms with Crippen molar-refractivity contribution in [2.75, 3.05) is 6.61 Å². The fourth-order valence-electron chi connectivity index (χ4n) is 2.55. The van der Waals surface area contributed by atoms with E-state index in [4.69, 9.17) is 5.11 Å². The minimum atomic E-state index is -1.26. The third-order valence-electron chi connectivity index (χ3n) is 3.64. The molecule has 0 bridgehead atoms. The fraction of sp³-hybridized carbons (Fsp3) is 0.188. The normalized spacial score (nSPS) is 15.7. The van der Waals surface area contributed by atoms with Crippen molar-refractivity contribution in [2.24, 2.45) is 0 Å². The minimum absolute atomic E-state index is 0.0804. The van der Waals surface area contributed by atoms with Gasteiger partial charge < -0.3 is 15.3 Å². The van der Waals surface area contributed by atoms with Gasteiger partial charge in [-0.05, 0) is 22.8 Å². The van der Waals surface area contributed by atoms with Crippen molar-refractivity contribution in [3.63, 3.8) is 0 Å². The molecule has 0 aromatic heterocycles. The highest BCUT2D eigenvalue weighted by molar-refractivity contribution is 6.21. The lowest BCUT2D eigenvalue weighted by atomic mass is 9.98. The molecule has 2 atom stereocenters. The summed E-state index contributed by atoms with van der Waals surface area (Å²) >= 11 is 0. The van der Waals surface area contributed by atoms with Crippen molar-refractivity contribution in [1.82, 2.24) is 0 Å². The molecule has 3 N–H and O–H groups in total. The van der Waals surface area contributed by atoms with Crippen LogP contribution in [0.2, 0.25) is 0 Å². The van der Waals surface area contributed by atoms with Crippen molar-refractivity contribution in [1.29, 1.82) is 0 Å². The molecule has 102 valence electrons. The Labute approximate surface area is 115 Å². The predicted octanol–water partition coefficient (Wildman–Crippen LogP) is 1.28. The lowest BCUT2D eigenvalue weighted by molar-refractivity contribution is -0.0152. The van der Waals surface area contributed by atoms with E-state index in [1.165, 1.54) is 0 Å². The zero-order valence-corrected chi connectivity index (χ0v) is 10.7. The third kappa shape index (κ3) is 1.86. The highest BCUT2D eigenvalue weighted by atomic mass is 16.4. The molecule has 20 heavy (non-hydrogen) atoms. The maximum atomic E-state index is 12.3. The number of aliphatic hydroxyl groups excluding tert-OH is 3. The van der Waals surface area contributed by atoms with Crippen LogP contribution in [0, 0.1) is 0 Å². The van der Waals surface area contributed by atoms with Crippen molar-refractivity contribution in [3.8, 4) is 11.1 Å². The number of carbonyl (C=O) groups excluding carboxylic acids is 1. The number of hydrogen-bond acceptors (Lipinski definition) is 4. The van der Waals surface area contributed by atoms with Gasteiger partial charge in [0, 0.05) is 11.1 Å². The van der Waals surface area contributed by atoms with Crippen LogP contribution >= 0.6 is 0 Å². The van der Waals surface area contributed by atoms with E-state index < -0.39 is 18.8 Å². The molecular weight excluding hydrogens is 256 g/mol. The molecule has 4 heteroatoms. The topological polar surface area (TPSA) is 77.8 Å². The lowest BCUT2D eigenvalue weighted by Gasteiger charge is -2.16. The Morgan fingerprint density at radius 1 is 0.900 bits per heavy atom. The summed E-state index contributed by atoms with van der Waals surface area (Å²) in [6.07, 6.45) is -2.46. The van der Waals surface area contributed by atoms with Crippen molar-refractivity contribution in [2.45, 2.75) is 12.2 Å². The van der Waals surface area contributed by atoms with Crippen molar-refractivity contribution < 1.29 is 20.1 Å². The van der Waals surface area contributed by atoms with Crippen molar-refractivity contribution in [3.05, 3.63) is 59.2 Å². The van der Waals surface area contributed by atoms with Gasteiger partial charge in [-0.15, -0.1) is 0 Å². The highest BCUT2D eigenvalue weighted by Gasteiger charge is 2.28. The quantitative estimate of drug-likeness (QED) is 0.670. The molecule has 0 spiro atoms. The van der Waals surface area contributed by atoms with Gasteiger partial charge in [-0.25, -0.2) is 0 Å². The second kappa shape index (κ2) is 4.83. The number of benzene rings is 2. The Bertz CT molecular complexity index is 678. The summed E-state index contributed by atoms with van der Waals surface area (Å²) < 4.78 is 0. The van der Waals surface area contributed by atoms with E-state index in [1.807, 2.05) is 18.2 Å². The first-order valence-corrected chi connectivity index (χ1v) is 6.38. The van der Waals surface area contributed by atoms with Gasteiger partial charge in [-0.3, -0.25) is 4.79 Å². The van der Waals surface area contributed by atoms with Crippen LogP contribution in [0.15, 0.2) is 42.5 Å². The molecule has 3 rings (SSSR count). The molecule has 0 radical (unpaired) electrons. The minimum Gasteiger partial charge on any atom is -0.394 e. The van der Waals surface area contributed by atoms with Crippen LogP contribution in [0.5, 0.6) is 0 Å². The van der Waals surface area contributed by atoms with Crippen LogP contribution in [-0.4, -0.2) is 33.8 Å². The van der Waals surface area contributed by atoms with Gasteiger partial charge in [-0.1, -0.05) is 36.4 Å². The highest BCUT2D eigenvalue weighted by Crippen LogP contribution is 2.37. The van der Waals surface area contributed by atoms with Crippen LogP contribution in [-0.2, 0) is 0 Å². The van der Waals surface area contributed by atoms with E-state index in [-0.39, 0.29) is 5.78 Å². The van der Waals surface area contributed by atoms with Gasteiger partial charge in [0.05, 0.1) is 6.61 Å². The SMILES string of the molecule is O=C1c2ccccc2-c2ccc(C(O)C(O)CO)cc21. The van der Waals surface area contributed by atoms with E-state index >= 15 is 0 Å². The van der Waals surface area contributed by atoms with E-state index in [2.05, 4.69) is 0 Å². The number of rotatable bonds is 3. The van der Waals surface area contributed by atoms with E-state index in [0.29, 0.717) is 16.7 Å². The molecule has 2 unspecified atom stereocenters. The number of carbonyl (C=O) groups is 1. The van der Waals surface area contributed by atoms with Gasteiger partial charge in [0.2, 0.25) is 0 Å². The standard InChI is InChI=1S/C16H14O4/c17-8-14(18)15(19)9-5-6-11-10-3-1-2-4-12(10)16(20)13(11)7-9/h1-7,14-15,17-19H,8H2. The van der Waals surface area contributed by atoms with Gasteiger partial charge in [0.1, 0.15) is 12.2 Å². The Balaban J connectivity index is 2.07. The van der Waals surface area contributed by atoms with Crippen LogP contribution < -0.4 is 0 Å². The number of ketones is 1. The largest absolute Gasteiger partial charge is 0.394 e. The summed E-state index contributed by atoms with van der Waals surface area (Å²) in [6, 6.07) is 12.4. The predicted molar refractivity (Wildman–Crippen MR) is 73.4 cm³/mol. The number of aliphatic hydroxyl groups is 3. The molecule has 2 aromatic carbocycles. The third-order valence-corrected chi connectivity index (χ3v) is 3.64. The molecule has 0 fully saturated rings. The summed E-state index contributed by atoms with van der Waals surface area (Å²) in [5, 5.41) is 28.3. The van der Waals surface area contributed by atoms with Gasteiger partial charge >= 0.3 is 0 Å². The molecule has 0 aliphatic heterocycles. The van der Waals surface area contributed by atoms with Crippen LogP contribution in [0.25, 0.3) is 11.1 Å². The lowest BCUT2D eigenvalue weighted by Crippen LogP contribution is -2.22. The maximum Gasteiger partial charge on any atom is 0.194 e. The zero-order chi connectivity index (χ0) is 14.3. The summed E-state index contributed by atoms with van der Waals surface area (Å²) in [4.78, 5) is 12.3. The molecular formula is C16H14O4. The molecule has 1 aliphatic carbocycles. The summed E-state index contributed by atoms with van der Waals surface area (Å²) in [5.74, 6) is -0.0804. The molecule has 0 heterocycles. The Kier molecular flexibility index (Phi) is 3.14. The van der Waals surface area contributed by atoms with Crippen LogP contribution in [0.3, 0.4) is 0 Å². The second-order valence-electron chi connectivity index (χ2n) is 4.87. The second-order valence-corrected chi connectivity index (χ2v) is 4.87. The van der Waals surface area contributed by atoms with Crippen molar-refractivity contribution >= 4 is 5.78 Å². The Morgan fingerprint density at radius 2 is 1.55 bits per heavy atom. The van der Waals surface area contributed by atoms with E-state index in [0.717, 1.165) is 11.1 Å². The zero-order valence-electron chi connectivity index (χ0n) is 10.7. The summed E-state index contributed by atoms with van der Waals surface area (Å²) in [5.41, 5.74) is 3.31. The molecule has 0 amide bonds. The monoisotopic (exact) mass is 270 g/mol. The van der Waals surface area contributed by atoms with Gasteiger partial charge in [0.25, 0.3) is 0 Å². The number of fused-ring (bicyclic) bond motifs is 3. The average molecular weight is 270 g/mol. The first-order valence-electron chi connectivity index (χ1n) is 6.38.